The van der Waals surface area contributed by atoms with Crippen molar-refractivity contribution in [1.82, 2.24) is 0 Å². The maximum Gasteiger partial charge on any atom is 0.310 e. The molecule has 2 aromatic carbocycles. The van der Waals surface area contributed by atoms with Crippen LogP contribution < -0.4 is 0 Å². The van der Waals surface area contributed by atoms with Gasteiger partial charge in [0.05, 0.1) is 21.7 Å². The molecule has 0 spiro atoms. The van der Waals surface area contributed by atoms with Crippen LogP contribution in [0.25, 0.3) is 0 Å². The lowest BCUT2D eigenvalue weighted by Crippen LogP contribution is -2.38. The first-order chi connectivity index (χ1) is 17.7. The van der Waals surface area contributed by atoms with Gasteiger partial charge in [-0.3, -0.25) is 39.4 Å². The molecule has 4 atom stereocenters. The Kier molecular flexibility index (Phi) is 7.37. The lowest BCUT2D eigenvalue weighted by Gasteiger charge is -2.27. The van der Waals surface area contributed by atoms with E-state index in [2.05, 4.69) is 0 Å². The minimum Gasteiger partial charge on any atom is -0.457 e. The van der Waals surface area contributed by atoms with E-state index in [9.17, 15) is 39.4 Å². The molecule has 4 rings (SSSR count). The van der Waals surface area contributed by atoms with Crippen LogP contribution in [0.5, 0.6) is 0 Å². The molecular formula is C25H22N2O10. The number of hydrogen-bond acceptors (Lipinski definition) is 10. The Bertz CT molecular complexity index is 1160. The molecule has 12 heteroatoms. The van der Waals surface area contributed by atoms with Gasteiger partial charge in [-0.25, -0.2) is 0 Å². The van der Waals surface area contributed by atoms with Crippen LogP contribution in [-0.4, -0.2) is 46.6 Å². The number of Topliss-reactive ketones (excluding diaryl/α,β-unsaturated/α-hetero) is 2. The number of ether oxygens (including phenoxy) is 2. The van der Waals surface area contributed by atoms with E-state index in [1.54, 1.807) is 0 Å². The summed E-state index contributed by atoms with van der Waals surface area (Å²) >= 11 is 0. The molecule has 12 nitrogen and oxygen atoms in total. The largest absolute Gasteiger partial charge is 0.457 e. The van der Waals surface area contributed by atoms with Crippen molar-refractivity contribution < 1.29 is 38.5 Å². The molecule has 0 aromatic heterocycles. The van der Waals surface area contributed by atoms with Gasteiger partial charge < -0.3 is 9.47 Å². The number of nitro groups is 2. The number of non-ortho nitro benzene ring substituents is 2. The van der Waals surface area contributed by atoms with Gasteiger partial charge in [0.2, 0.25) is 0 Å². The molecule has 2 fully saturated rings. The molecule has 192 valence electrons. The fourth-order valence-electron chi connectivity index (χ4n) is 5.14. The molecule has 2 aliphatic rings. The molecule has 0 amide bonds. The Balaban J connectivity index is 1.34. The topological polar surface area (TPSA) is 173 Å². The maximum atomic E-state index is 12.9. The SMILES string of the molecule is O=C(COC(=O)[C@@H]1[C@H]2CC[C@@H](C2)[C@@H]1C(=O)OCC(=O)c1ccc([N+](=O)[O-])cc1)c1ccc([N+](=O)[O-])cc1. The van der Waals surface area contributed by atoms with E-state index in [-0.39, 0.29) is 34.3 Å². The summed E-state index contributed by atoms with van der Waals surface area (Å²) < 4.78 is 10.5. The van der Waals surface area contributed by atoms with Crippen molar-refractivity contribution in [3.05, 3.63) is 79.9 Å². The lowest BCUT2D eigenvalue weighted by atomic mass is 9.79. The minimum absolute atomic E-state index is 0.102. The Morgan fingerprint density at radius 3 is 1.35 bits per heavy atom. The summed E-state index contributed by atoms with van der Waals surface area (Å²) in [5, 5.41) is 21.5. The number of esters is 2. The van der Waals surface area contributed by atoms with Crippen molar-refractivity contribution in [2.45, 2.75) is 19.3 Å². The highest BCUT2D eigenvalue weighted by Crippen LogP contribution is 2.53. The molecule has 0 saturated heterocycles. The fourth-order valence-corrected chi connectivity index (χ4v) is 5.14. The average molecular weight is 510 g/mol. The molecule has 0 unspecified atom stereocenters. The molecule has 37 heavy (non-hydrogen) atoms. The Hall–Kier alpha value is -4.48. The summed E-state index contributed by atoms with van der Waals surface area (Å²) in [6.45, 7) is -1.16. The summed E-state index contributed by atoms with van der Waals surface area (Å²) in [4.78, 5) is 70.8. The van der Waals surface area contributed by atoms with Gasteiger partial charge in [-0.2, -0.15) is 0 Å². The van der Waals surface area contributed by atoms with Crippen LogP contribution in [0, 0.1) is 43.9 Å². The first kappa shape index (κ1) is 25.6. The number of rotatable bonds is 10. The van der Waals surface area contributed by atoms with Gasteiger partial charge in [0.25, 0.3) is 11.4 Å². The Morgan fingerprint density at radius 1 is 0.676 bits per heavy atom. The molecule has 0 N–H and O–H groups in total. The number of hydrogen-bond donors (Lipinski definition) is 0. The number of carbonyl (C=O) groups is 4. The lowest BCUT2D eigenvalue weighted by molar-refractivity contribution is -0.385. The molecule has 2 saturated carbocycles. The van der Waals surface area contributed by atoms with Gasteiger partial charge in [0, 0.05) is 35.4 Å². The van der Waals surface area contributed by atoms with Gasteiger partial charge in [-0.15, -0.1) is 0 Å². The van der Waals surface area contributed by atoms with Crippen LogP contribution >= 0.6 is 0 Å². The summed E-state index contributed by atoms with van der Waals surface area (Å²) in [7, 11) is 0. The van der Waals surface area contributed by atoms with Gasteiger partial charge >= 0.3 is 11.9 Å². The number of fused-ring (bicyclic) bond motifs is 2. The quantitative estimate of drug-likeness (QED) is 0.200. The van der Waals surface area contributed by atoms with Crippen LogP contribution in [0.2, 0.25) is 0 Å². The number of ketones is 2. The third-order valence-corrected chi connectivity index (χ3v) is 6.95. The minimum atomic E-state index is -0.801. The third-order valence-electron chi connectivity index (χ3n) is 6.95. The highest BCUT2D eigenvalue weighted by molar-refractivity contribution is 5.99. The standard InChI is InChI=1S/C25H22N2O10/c28-20(14-3-7-18(8-4-14)26(32)33)12-36-24(30)22-16-1-2-17(11-16)23(22)25(31)37-13-21(29)15-5-9-19(10-6-15)27(34)35/h3-10,16-17,22-23H,1-2,11-13H2/t16-,17-,22-,23+/m0/s1. The van der Waals surface area contributed by atoms with Crippen molar-refractivity contribution >= 4 is 34.9 Å². The molecule has 0 radical (unpaired) electrons. The Morgan fingerprint density at radius 2 is 1.03 bits per heavy atom. The van der Waals surface area contributed by atoms with Crippen molar-refractivity contribution in [2.75, 3.05) is 13.2 Å². The number of carbonyl (C=O) groups excluding carboxylic acids is 4. The first-order valence-electron chi connectivity index (χ1n) is 11.5. The van der Waals surface area contributed by atoms with Gasteiger partial charge in [-0.1, -0.05) is 0 Å². The zero-order valence-corrected chi connectivity index (χ0v) is 19.4. The first-order valence-corrected chi connectivity index (χ1v) is 11.5. The molecule has 2 aliphatic carbocycles. The summed E-state index contributed by atoms with van der Waals surface area (Å²) in [6, 6.07) is 9.79. The van der Waals surface area contributed by atoms with Crippen LogP contribution in [0.3, 0.4) is 0 Å². The van der Waals surface area contributed by atoms with E-state index in [1.165, 1.54) is 48.5 Å². The summed E-state index contributed by atoms with van der Waals surface area (Å²) in [5.41, 5.74) is -0.0630. The number of nitro benzene ring substituents is 2. The number of benzene rings is 2. The molecule has 2 aromatic rings. The average Bonchev–Trinajstić information content (AvgIpc) is 3.52. The fraction of sp³-hybridized carbons (Fsp3) is 0.360. The van der Waals surface area contributed by atoms with Crippen molar-refractivity contribution in [2.24, 2.45) is 23.7 Å². The van der Waals surface area contributed by atoms with Crippen LogP contribution in [0.15, 0.2) is 48.5 Å². The predicted octanol–water partition coefficient (Wildman–Crippen LogP) is 3.32. The molecular weight excluding hydrogens is 488 g/mol. The van der Waals surface area contributed by atoms with Gasteiger partial charge in [-0.05, 0) is 55.4 Å². The normalized spacial score (nSPS) is 21.7. The van der Waals surface area contributed by atoms with Crippen molar-refractivity contribution in [3.8, 4) is 0 Å². The van der Waals surface area contributed by atoms with E-state index in [0.29, 0.717) is 6.42 Å². The monoisotopic (exact) mass is 510 g/mol. The zero-order chi connectivity index (χ0) is 26.7. The van der Waals surface area contributed by atoms with Gasteiger partial charge in [0.15, 0.2) is 24.8 Å². The van der Waals surface area contributed by atoms with Crippen molar-refractivity contribution in [1.29, 1.82) is 0 Å². The second-order valence-corrected chi connectivity index (χ2v) is 9.05. The smallest absolute Gasteiger partial charge is 0.310 e. The van der Waals surface area contributed by atoms with Crippen molar-refractivity contribution in [3.63, 3.8) is 0 Å². The van der Waals surface area contributed by atoms with Crippen LogP contribution in [0.4, 0.5) is 11.4 Å². The molecule has 0 heterocycles. The van der Waals surface area contributed by atoms with E-state index in [0.717, 1.165) is 12.8 Å². The van der Waals surface area contributed by atoms with E-state index in [1.807, 2.05) is 0 Å². The maximum absolute atomic E-state index is 12.9. The van der Waals surface area contributed by atoms with E-state index >= 15 is 0 Å². The zero-order valence-electron chi connectivity index (χ0n) is 19.4. The summed E-state index contributed by atoms with van der Waals surface area (Å²) in [5.74, 6) is -4.30. The Labute approximate surface area is 209 Å². The van der Waals surface area contributed by atoms with E-state index < -0.39 is 58.4 Å². The third kappa shape index (κ3) is 5.52. The molecule has 2 bridgehead atoms. The summed E-state index contributed by atoms with van der Waals surface area (Å²) in [6.07, 6.45) is 2.09. The second kappa shape index (κ2) is 10.6. The number of nitrogens with zero attached hydrogens (tertiary/aromatic N) is 2. The highest BCUT2D eigenvalue weighted by atomic mass is 16.6. The molecule has 0 aliphatic heterocycles. The van der Waals surface area contributed by atoms with Gasteiger partial charge in [0.1, 0.15) is 0 Å². The van der Waals surface area contributed by atoms with Crippen LogP contribution in [-0.2, 0) is 19.1 Å². The highest BCUT2D eigenvalue weighted by Gasteiger charge is 2.55. The second-order valence-electron chi connectivity index (χ2n) is 9.05. The predicted molar refractivity (Wildman–Crippen MR) is 125 cm³/mol. The van der Waals surface area contributed by atoms with E-state index in [4.69, 9.17) is 9.47 Å². The van der Waals surface area contributed by atoms with Crippen LogP contribution in [0.1, 0.15) is 40.0 Å².